The van der Waals surface area contributed by atoms with Crippen molar-refractivity contribution in [3.8, 4) is 5.75 Å². The van der Waals surface area contributed by atoms with Crippen LogP contribution >= 0.6 is 61.1 Å². The van der Waals surface area contributed by atoms with Gasteiger partial charge in [-0.2, -0.15) is 0 Å². The van der Waals surface area contributed by atoms with Gasteiger partial charge in [-0.25, -0.2) is 9.79 Å². The van der Waals surface area contributed by atoms with Gasteiger partial charge in [-0.1, -0.05) is 45.8 Å². The normalized spacial score (nSPS) is 14.5. The summed E-state index contributed by atoms with van der Waals surface area (Å²) in [5.74, 6) is 0.687. The van der Waals surface area contributed by atoms with E-state index in [1.165, 1.54) is 5.56 Å². The van der Waals surface area contributed by atoms with Crippen molar-refractivity contribution >= 4 is 79.1 Å². The number of cyclic esters (lactones) is 1. The maximum Gasteiger partial charge on any atom is 0.363 e. The molecule has 1 heterocycles. The average molecular weight is 700 g/mol. The van der Waals surface area contributed by atoms with Gasteiger partial charge in [0, 0.05) is 10.0 Å². The molecule has 31 heavy (non-hydrogen) atoms. The molecule has 0 aliphatic carbocycles. The van der Waals surface area contributed by atoms with E-state index in [4.69, 9.17) is 9.47 Å². The molecule has 0 spiro atoms. The predicted octanol–water partition coefficient (Wildman–Crippen LogP) is 6.89. The molecule has 0 bridgehead atoms. The van der Waals surface area contributed by atoms with Crippen molar-refractivity contribution < 1.29 is 14.3 Å². The molecule has 0 aromatic heterocycles. The first kappa shape index (κ1) is 22.5. The fourth-order valence-electron chi connectivity index (χ4n) is 3.04. The van der Waals surface area contributed by atoms with Gasteiger partial charge in [0.1, 0.15) is 12.4 Å². The van der Waals surface area contributed by atoms with Crippen molar-refractivity contribution in [3.05, 3.63) is 100 Å². The van der Waals surface area contributed by atoms with E-state index in [1.54, 1.807) is 6.08 Å². The van der Waals surface area contributed by atoms with Crippen molar-refractivity contribution in [1.82, 2.24) is 0 Å². The van der Waals surface area contributed by atoms with Gasteiger partial charge in [0.15, 0.2) is 5.70 Å². The zero-order valence-electron chi connectivity index (χ0n) is 16.4. The number of aliphatic imine (C=N–C) groups is 1. The molecule has 0 atom stereocenters. The Balaban J connectivity index is 1.55. The first-order chi connectivity index (χ1) is 14.9. The minimum absolute atomic E-state index is 0.276. The van der Waals surface area contributed by atoms with Crippen molar-refractivity contribution in [3.63, 3.8) is 0 Å². The molecule has 7 heteroatoms. The molecule has 0 N–H and O–H groups in total. The number of benzene rings is 3. The van der Waals surface area contributed by atoms with Crippen LogP contribution in [0.1, 0.15) is 22.3 Å². The standard InChI is InChI=1S/C24H16BrI2NO3/c1-14-3-2-4-15(9-14)13-30-22-19(26)10-16(11-20(22)27)12-21-24(29)31-23(28-21)17-5-7-18(25)8-6-17/h2-12H,13H2,1H3/b21-12-. The van der Waals surface area contributed by atoms with Crippen LogP contribution in [0.25, 0.3) is 6.08 Å². The molecule has 156 valence electrons. The number of hydrogen-bond donors (Lipinski definition) is 0. The lowest BCUT2D eigenvalue weighted by Crippen LogP contribution is -2.05. The lowest BCUT2D eigenvalue weighted by Gasteiger charge is -2.12. The second-order valence-corrected chi connectivity index (χ2v) is 10.2. The van der Waals surface area contributed by atoms with Gasteiger partial charge in [-0.3, -0.25) is 0 Å². The van der Waals surface area contributed by atoms with Gasteiger partial charge >= 0.3 is 5.97 Å². The molecule has 3 aromatic carbocycles. The summed E-state index contributed by atoms with van der Waals surface area (Å²) in [6.07, 6.45) is 1.74. The molecule has 1 aliphatic rings. The molecule has 0 saturated carbocycles. The number of carbonyl (C=O) groups is 1. The first-order valence-corrected chi connectivity index (χ1v) is 12.3. The summed E-state index contributed by atoms with van der Waals surface area (Å²) in [6, 6.07) is 19.7. The van der Waals surface area contributed by atoms with E-state index in [-0.39, 0.29) is 5.70 Å². The number of carbonyl (C=O) groups excluding carboxylic acids is 1. The number of rotatable bonds is 5. The van der Waals surface area contributed by atoms with Crippen LogP contribution in [-0.4, -0.2) is 11.9 Å². The van der Waals surface area contributed by atoms with Crippen molar-refractivity contribution in [2.24, 2.45) is 4.99 Å². The highest BCUT2D eigenvalue weighted by molar-refractivity contribution is 14.1. The summed E-state index contributed by atoms with van der Waals surface area (Å²) >= 11 is 7.91. The quantitative estimate of drug-likeness (QED) is 0.166. The van der Waals surface area contributed by atoms with E-state index in [2.05, 4.69) is 91.2 Å². The Kier molecular flexibility index (Phi) is 7.12. The highest BCUT2D eigenvalue weighted by atomic mass is 127. The molecule has 3 aromatic rings. The third kappa shape index (κ3) is 5.56. The second kappa shape index (κ2) is 9.83. The van der Waals surface area contributed by atoms with Crippen molar-refractivity contribution in [1.29, 1.82) is 0 Å². The zero-order valence-corrected chi connectivity index (χ0v) is 22.3. The van der Waals surface area contributed by atoms with Gasteiger partial charge in [-0.15, -0.1) is 0 Å². The number of esters is 1. The molecule has 0 fully saturated rings. The molecular formula is C24H16BrI2NO3. The third-order valence-corrected chi connectivity index (χ3v) is 6.63. The minimum atomic E-state index is -0.456. The lowest BCUT2D eigenvalue weighted by atomic mass is 10.1. The van der Waals surface area contributed by atoms with Gasteiger partial charge in [-0.05, 0) is 106 Å². The Morgan fingerprint density at radius 2 is 1.77 bits per heavy atom. The van der Waals surface area contributed by atoms with Crippen molar-refractivity contribution in [2.45, 2.75) is 13.5 Å². The SMILES string of the molecule is Cc1cccc(COc2c(I)cc(/C=C3\N=C(c4ccc(Br)cc4)OC3=O)cc2I)c1. The van der Waals surface area contributed by atoms with Crippen LogP contribution in [-0.2, 0) is 16.1 Å². The van der Waals surface area contributed by atoms with Crippen LogP contribution in [0.15, 0.2) is 75.8 Å². The smallest absolute Gasteiger partial charge is 0.363 e. The number of nitrogens with zero attached hydrogens (tertiary/aromatic N) is 1. The highest BCUT2D eigenvalue weighted by Gasteiger charge is 2.24. The van der Waals surface area contributed by atoms with Crippen LogP contribution in [0.3, 0.4) is 0 Å². The highest BCUT2D eigenvalue weighted by Crippen LogP contribution is 2.31. The van der Waals surface area contributed by atoms with Crippen molar-refractivity contribution in [2.75, 3.05) is 0 Å². The Bertz CT molecular complexity index is 1200. The van der Waals surface area contributed by atoms with E-state index in [9.17, 15) is 4.79 Å². The van der Waals surface area contributed by atoms with E-state index >= 15 is 0 Å². The molecule has 4 rings (SSSR count). The van der Waals surface area contributed by atoms with Gasteiger partial charge < -0.3 is 9.47 Å². The van der Waals surface area contributed by atoms with Crippen LogP contribution < -0.4 is 4.74 Å². The summed E-state index contributed by atoms with van der Waals surface area (Å²) in [4.78, 5) is 16.7. The largest absolute Gasteiger partial charge is 0.487 e. The maximum atomic E-state index is 12.3. The second-order valence-electron chi connectivity index (χ2n) is 6.93. The van der Waals surface area contributed by atoms with E-state index in [1.807, 2.05) is 42.5 Å². The molecule has 1 aliphatic heterocycles. The maximum absolute atomic E-state index is 12.3. The average Bonchev–Trinajstić information content (AvgIpc) is 3.08. The molecule has 0 amide bonds. The molecule has 4 nitrogen and oxygen atoms in total. The fraction of sp³-hybridized carbons (Fsp3) is 0.0833. The lowest BCUT2D eigenvalue weighted by molar-refractivity contribution is -0.129. The number of hydrogen-bond acceptors (Lipinski definition) is 4. The predicted molar refractivity (Wildman–Crippen MR) is 142 cm³/mol. The van der Waals surface area contributed by atoms with Crippen LogP contribution in [0.2, 0.25) is 0 Å². The minimum Gasteiger partial charge on any atom is -0.487 e. The Hall–Kier alpha value is -1.72. The summed E-state index contributed by atoms with van der Waals surface area (Å²) in [6.45, 7) is 2.57. The Morgan fingerprint density at radius 3 is 2.45 bits per heavy atom. The molecule has 0 saturated heterocycles. The number of halogens is 3. The zero-order chi connectivity index (χ0) is 22.0. The van der Waals surface area contributed by atoms with Crippen LogP contribution in [0, 0.1) is 14.1 Å². The van der Waals surface area contributed by atoms with E-state index < -0.39 is 5.97 Å². The Morgan fingerprint density at radius 1 is 1.06 bits per heavy atom. The van der Waals surface area contributed by atoms with Gasteiger partial charge in [0.05, 0.1) is 7.14 Å². The van der Waals surface area contributed by atoms with E-state index in [0.717, 1.165) is 34.1 Å². The monoisotopic (exact) mass is 699 g/mol. The van der Waals surface area contributed by atoms with Crippen LogP contribution in [0.5, 0.6) is 5.75 Å². The first-order valence-electron chi connectivity index (χ1n) is 9.35. The van der Waals surface area contributed by atoms with Gasteiger partial charge in [0.25, 0.3) is 0 Å². The summed E-state index contributed by atoms with van der Waals surface area (Å²) in [5, 5.41) is 0. The number of aryl methyl sites for hydroxylation is 1. The topological polar surface area (TPSA) is 47.9 Å². The molecule has 0 unspecified atom stereocenters. The molecule has 0 radical (unpaired) electrons. The van der Waals surface area contributed by atoms with Crippen LogP contribution in [0.4, 0.5) is 0 Å². The summed E-state index contributed by atoms with van der Waals surface area (Å²) in [7, 11) is 0. The van der Waals surface area contributed by atoms with E-state index in [0.29, 0.717) is 12.5 Å². The summed E-state index contributed by atoms with van der Waals surface area (Å²) in [5.41, 5.74) is 4.23. The summed E-state index contributed by atoms with van der Waals surface area (Å²) < 4.78 is 14.3. The fourth-order valence-corrected chi connectivity index (χ4v) is 5.43. The Labute approximate surface area is 216 Å². The molecular weight excluding hydrogens is 684 g/mol. The van der Waals surface area contributed by atoms with Gasteiger partial charge in [0.2, 0.25) is 5.90 Å². The number of ether oxygens (including phenoxy) is 2. The third-order valence-electron chi connectivity index (χ3n) is 4.50.